The summed E-state index contributed by atoms with van der Waals surface area (Å²) in [7, 11) is 0. The molecule has 0 aromatic carbocycles. The van der Waals surface area contributed by atoms with Gasteiger partial charge < -0.3 is 14.8 Å². The third kappa shape index (κ3) is 12.0. The van der Waals surface area contributed by atoms with Gasteiger partial charge in [-0.1, -0.05) is 54.4 Å². The molecule has 3 amide bonds. The Balaban J connectivity index is 0.000000479. The van der Waals surface area contributed by atoms with Crippen molar-refractivity contribution in [3.8, 4) is 0 Å². The Bertz CT molecular complexity index is 582. The topological polar surface area (TPSA) is 102 Å². The number of halogens is 1. The molecule has 0 aliphatic carbocycles. The van der Waals surface area contributed by atoms with Crippen LogP contribution in [-0.2, 0) is 19.1 Å². The van der Waals surface area contributed by atoms with Crippen molar-refractivity contribution in [3.63, 3.8) is 0 Å². The first-order chi connectivity index (χ1) is 14.5. The van der Waals surface area contributed by atoms with Crippen molar-refractivity contribution >= 4 is 34.9 Å². The zero-order valence-corrected chi connectivity index (χ0v) is 20.5. The molecule has 1 N–H and O–H groups in total. The van der Waals surface area contributed by atoms with Gasteiger partial charge in [-0.3, -0.25) is 9.59 Å². The molecule has 0 aromatic heterocycles. The number of nitrogens with zero attached hydrogens (tertiary/aromatic N) is 1. The van der Waals surface area contributed by atoms with Crippen LogP contribution in [0.5, 0.6) is 0 Å². The monoisotopic (exact) mass is 462 g/mol. The molecule has 0 bridgehead atoms. The Labute approximate surface area is 191 Å². The number of unbranched alkanes of at least 4 members (excludes halogenated alkanes) is 2. The molecule has 0 aromatic rings. The average molecular weight is 463 g/mol. The minimum Gasteiger partial charge on any atom is -0.447 e. The van der Waals surface area contributed by atoms with Gasteiger partial charge in [0.2, 0.25) is 11.1 Å². The van der Waals surface area contributed by atoms with E-state index in [2.05, 4.69) is 23.9 Å². The first-order valence-corrected chi connectivity index (χ1v) is 11.5. The Kier molecular flexibility index (Phi) is 15.0. The van der Waals surface area contributed by atoms with Crippen LogP contribution in [-0.4, -0.2) is 53.5 Å². The number of nitrogens with one attached hydrogen (secondary N) is 1. The third-order valence-corrected chi connectivity index (χ3v) is 5.11. The van der Waals surface area contributed by atoms with E-state index in [1.165, 1.54) is 4.90 Å². The maximum Gasteiger partial charge on any atom is 0.416 e. The van der Waals surface area contributed by atoms with E-state index in [0.29, 0.717) is 32.0 Å². The highest BCUT2D eigenvalue weighted by molar-refractivity contribution is 6.63. The third-order valence-electron chi connectivity index (χ3n) is 4.92. The van der Waals surface area contributed by atoms with E-state index in [4.69, 9.17) is 16.3 Å². The summed E-state index contributed by atoms with van der Waals surface area (Å²) < 4.78 is 9.58. The Morgan fingerprint density at radius 2 is 1.58 bits per heavy atom. The fourth-order valence-electron chi connectivity index (χ4n) is 2.74. The number of ether oxygens (including phenoxy) is 2. The lowest BCUT2D eigenvalue weighted by molar-refractivity contribution is -0.129. The molecule has 0 saturated carbocycles. The summed E-state index contributed by atoms with van der Waals surface area (Å²) in [5.41, 5.74) is 0. The number of amides is 3. The van der Waals surface area contributed by atoms with Crippen LogP contribution in [0.15, 0.2) is 0 Å². The summed E-state index contributed by atoms with van der Waals surface area (Å²) >= 11 is 5.02. The van der Waals surface area contributed by atoms with E-state index in [1.54, 1.807) is 0 Å². The van der Waals surface area contributed by atoms with Gasteiger partial charge in [0.1, 0.15) is 13.2 Å². The van der Waals surface area contributed by atoms with Crippen LogP contribution in [0, 0.1) is 11.8 Å². The standard InChI is InChI=1S/C11H19NO3.C6H11NO2.C5H9ClO/c1-4-5-6-10(13)12-9(8(2)3)7-15-11(12)14;1-4(2)5-3-9-6(8)7-5;1-2-3-4-5(6)7/h8-9H,4-7H2,1-3H3;4-5H,3H2,1-2H3,(H,7,8);2-4H2,1H3/t9-;5-;/m11./s1. The maximum atomic E-state index is 11.8. The van der Waals surface area contributed by atoms with Crippen LogP contribution in [0.25, 0.3) is 0 Å². The van der Waals surface area contributed by atoms with Gasteiger partial charge >= 0.3 is 12.2 Å². The van der Waals surface area contributed by atoms with Crippen LogP contribution in [0.3, 0.4) is 0 Å². The molecule has 9 heteroatoms. The SMILES string of the molecule is CC(C)[C@H]1COC(=O)N1.CCCCC(=O)Cl.CCCCC(=O)N1C(=O)OC[C@@H]1C(C)C. The predicted octanol–water partition coefficient (Wildman–Crippen LogP) is 4.87. The van der Waals surface area contributed by atoms with Gasteiger partial charge in [0.25, 0.3) is 0 Å². The highest BCUT2D eigenvalue weighted by Crippen LogP contribution is 2.21. The fourth-order valence-corrected chi connectivity index (χ4v) is 2.87. The molecule has 2 rings (SSSR count). The summed E-state index contributed by atoms with van der Waals surface area (Å²) in [6.45, 7) is 13.0. The Morgan fingerprint density at radius 3 is 1.94 bits per heavy atom. The predicted molar refractivity (Wildman–Crippen MR) is 120 cm³/mol. The van der Waals surface area contributed by atoms with E-state index in [0.717, 1.165) is 25.7 Å². The van der Waals surface area contributed by atoms with Crippen molar-refractivity contribution in [2.75, 3.05) is 13.2 Å². The van der Waals surface area contributed by atoms with Crippen molar-refractivity contribution < 1.29 is 28.7 Å². The van der Waals surface area contributed by atoms with E-state index in [9.17, 15) is 19.2 Å². The number of hydrogen-bond acceptors (Lipinski definition) is 6. The van der Waals surface area contributed by atoms with E-state index >= 15 is 0 Å². The second-order valence-electron chi connectivity index (χ2n) is 8.31. The van der Waals surface area contributed by atoms with Gasteiger partial charge in [-0.25, -0.2) is 14.5 Å². The smallest absolute Gasteiger partial charge is 0.416 e. The normalized spacial score (nSPS) is 19.7. The van der Waals surface area contributed by atoms with Crippen molar-refractivity contribution in [2.45, 2.75) is 92.2 Å². The van der Waals surface area contributed by atoms with E-state index in [1.807, 2.05) is 27.7 Å². The van der Waals surface area contributed by atoms with Crippen molar-refractivity contribution in [3.05, 3.63) is 0 Å². The number of carbonyl (C=O) groups is 4. The summed E-state index contributed by atoms with van der Waals surface area (Å²) in [5.74, 6) is 0.622. The van der Waals surface area contributed by atoms with Crippen molar-refractivity contribution in [1.82, 2.24) is 10.2 Å². The second-order valence-corrected chi connectivity index (χ2v) is 8.73. The minimum atomic E-state index is -0.477. The van der Waals surface area contributed by atoms with Crippen LogP contribution < -0.4 is 5.32 Å². The average Bonchev–Trinajstić information content (AvgIpc) is 3.31. The zero-order chi connectivity index (χ0) is 24.0. The molecule has 2 atom stereocenters. The van der Waals surface area contributed by atoms with Crippen LogP contribution in [0.2, 0.25) is 0 Å². The number of carbonyl (C=O) groups excluding carboxylic acids is 4. The number of imide groups is 1. The molecular weight excluding hydrogens is 424 g/mol. The largest absolute Gasteiger partial charge is 0.447 e. The number of rotatable bonds is 8. The minimum absolute atomic E-state index is 0.0816. The quantitative estimate of drug-likeness (QED) is 0.516. The Morgan fingerprint density at radius 1 is 1.00 bits per heavy atom. The lowest BCUT2D eigenvalue weighted by atomic mass is 10.0. The van der Waals surface area contributed by atoms with E-state index < -0.39 is 6.09 Å². The van der Waals surface area contributed by atoms with Gasteiger partial charge in [-0.15, -0.1) is 0 Å². The number of alkyl carbamates (subject to hydrolysis) is 1. The molecule has 2 aliphatic heterocycles. The molecule has 2 saturated heterocycles. The fraction of sp³-hybridized carbons (Fsp3) is 0.818. The number of cyclic esters (lactones) is 2. The molecular formula is C22H39ClN2O6. The second kappa shape index (κ2) is 15.9. The first-order valence-electron chi connectivity index (χ1n) is 11.1. The van der Waals surface area contributed by atoms with Gasteiger partial charge in [0.05, 0.1) is 12.1 Å². The summed E-state index contributed by atoms with van der Waals surface area (Å²) in [6, 6.07) is 0.138. The van der Waals surface area contributed by atoms with Crippen molar-refractivity contribution in [1.29, 1.82) is 0 Å². The van der Waals surface area contributed by atoms with Gasteiger partial charge in [-0.2, -0.15) is 0 Å². The highest BCUT2D eigenvalue weighted by atomic mass is 35.5. The highest BCUT2D eigenvalue weighted by Gasteiger charge is 2.38. The van der Waals surface area contributed by atoms with Gasteiger partial charge in [0, 0.05) is 12.8 Å². The van der Waals surface area contributed by atoms with Gasteiger partial charge in [-0.05, 0) is 36.3 Å². The Hall–Kier alpha value is -1.83. The van der Waals surface area contributed by atoms with E-state index in [-0.39, 0.29) is 35.2 Å². The number of hydrogen-bond donors (Lipinski definition) is 1. The summed E-state index contributed by atoms with van der Waals surface area (Å²) in [4.78, 5) is 44.8. The molecule has 180 valence electrons. The van der Waals surface area contributed by atoms with Crippen LogP contribution in [0.4, 0.5) is 9.59 Å². The molecule has 0 unspecified atom stereocenters. The summed E-state index contributed by atoms with van der Waals surface area (Å²) in [5, 5.41) is 2.47. The molecule has 2 heterocycles. The van der Waals surface area contributed by atoms with Crippen molar-refractivity contribution in [2.24, 2.45) is 11.8 Å². The van der Waals surface area contributed by atoms with Crippen LogP contribution >= 0.6 is 11.6 Å². The van der Waals surface area contributed by atoms with Gasteiger partial charge in [0.15, 0.2) is 0 Å². The maximum absolute atomic E-state index is 11.8. The lowest BCUT2D eigenvalue weighted by Crippen LogP contribution is -2.41. The first kappa shape index (κ1) is 29.2. The molecule has 0 radical (unpaired) electrons. The zero-order valence-electron chi connectivity index (χ0n) is 19.7. The molecule has 31 heavy (non-hydrogen) atoms. The lowest BCUT2D eigenvalue weighted by Gasteiger charge is -2.22. The summed E-state index contributed by atoms with van der Waals surface area (Å²) in [6.07, 6.45) is 3.95. The molecule has 0 spiro atoms. The molecule has 8 nitrogen and oxygen atoms in total. The van der Waals surface area contributed by atoms with Crippen LogP contribution in [0.1, 0.15) is 80.1 Å². The molecule has 2 aliphatic rings. The molecule has 2 fully saturated rings.